The molecule has 1 unspecified atom stereocenters. The van der Waals surface area contributed by atoms with Crippen molar-refractivity contribution < 1.29 is 9.84 Å². The van der Waals surface area contributed by atoms with E-state index < -0.39 is 0 Å². The second-order valence-electron chi connectivity index (χ2n) is 7.18. The molecule has 8 nitrogen and oxygen atoms in total. The lowest BCUT2D eigenvalue weighted by atomic mass is 9.93. The molecule has 2 bridgehead atoms. The highest BCUT2D eigenvalue weighted by atomic mass is 35.5. The molecule has 2 heterocycles. The van der Waals surface area contributed by atoms with E-state index in [-0.39, 0.29) is 24.1 Å². The van der Waals surface area contributed by atoms with Crippen molar-refractivity contribution in [2.75, 3.05) is 17.2 Å². The minimum atomic E-state index is -0.205. The number of aromatic nitrogens is 2. The Morgan fingerprint density at radius 3 is 2.81 bits per heavy atom. The second kappa shape index (κ2) is 8.75. The Morgan fingerprint density at radius 1 is 1.33 bits per heavy atom. The van der Waals surface area contributed by atoms with E-state index in [1.807, 2.05) is 13.8 Å². The van der Waals surface area contributed by atoms with Crippen LogP contribution in [0.3, 0.4) is 0 Å². The van der Waals surface area contributed by atoms with Crippen molar-refractivity contribution in [3.63, 3.8) is 0 Å². The Hall–Kier alpha value is -2.06. The fourth-order valence-electron chi connectivity index (χ4n) is 3.28. The van der Waals surface area contributed by atoms with E-state index in [0.717, 1.165) is 31.4 Å². The van der Waals surface area contributed by atoms with Crippen molar-refractivity contribution in [1.82, 2.24) is 15.3 Å². The first-order chi connectivity index (χ1) is 12.9. The van der Waals surface area contributed by atoms with Crippen molar-refractivity contribution in [3.05, 3.63) is 22.6 Å². The van der Waals surface area contributed by atoms with Crippen LogP contribution in [0, 0.1) is 5.41 Å². The lowest BCUT2D eigenvalue weighted by molar-refractivity contribution is 0.118. The van der Waals surface area contributed by atoms with Gasteiger partial charge in [0, 0.05) is 24.2 Å². The topological polar surface area (TPSA) is 115 Å². The molecule has 1 aliphatic carbocycles. The van der Waals surface area contributed by atoms with Crippen molar-refractivity contribution >= 4 is 29.3 Å². The highest BCUT2D eigenvalue weighted by molar-refractivity contribution is 6.32. The average molecular weight is 395 g/mol. The maximum Gasteiger partial charge on any atom is 0.232 e. The Morgan fingerprint density at radius 2 is 2.07 bits per heavy atom. The van der Waals surface area contributed by atoms with Crippen LogP contribution in [0.4, 0.5) is 11.8 Å². The molecule has 27 heavy (non-hydrogen) atoms. The van der Waals surface area contributed by atoms with Gasteiger partial charge < -0.3 is 25.8 Å². The number of allylic oxidation sites excluding steroid dienone is 1. The Labute approximate surface area is 164 Å². The number of aliphatic hydroxyl groups is 1. The molecule has 5 N–H and O–H groups in total. The summed E-state index contributed by atoms with van der Waals surface area (Å²) in [6.45, 7) is 4.32. The smallest absolute Gasteiger partial charge is 0.232 e. The van der Waals surface area contributed by atoms with Crippen LogP contribution in [0.5, 0.6) is 0 Å². The summed E-state index contributed by atoms with van der Waals surface area (Å²) in [5.41, 5.74) is 1.30. The largest absolute Gasteiger partial charge is 0.476 e. The third kappa shape index (κ3) is 5.23. The number of rotatable bonds is 2. The maximum absolute atomic E-state index is 9.69. The summed E-state index contributed by atoms with van der Waals surface area (Å²) >= 11 is 6.19. The van der Waals surface area contributed by atoms with E-state index in [9.17, 15) is 5.11 Å². The van der Waals surface area contributed by atoms with E-state index in [2.05, 4.69) is 25.9 Å². The third-order valence-corrected chi connectivity index (χ3v) is 5.16. The number of nitrogens with zero attached hydrogens (tertiary/aromatic N) is 2. The molecule has 1 aromatic heterocycles. The lowest BCUT2D eigenvalue weighted by Crippen LogP contribution is -2.35. The molecule has 1 aliphatic heterocycles. The molecule has 0 amide bonds. The van der Waals surface area contributed by atoms with E-state index >= 15 is 0 Å². The van der Waals surface area contributed by atoms with Crippen LogP contribution in [-0.2, 0) is 4.74 Å². The van der Waals surface area contributed by atoms with E-state index in [1.165, 1.54) is 6.20 Å². The van der Waals surface area contributed by atoms with E-state index in [4.69, 9.17) is 21.7 Å². The molecule has 3 rings (SSSR count). The lowest BCUT2D eigenvalue weighted by Gasteiger charge is -2.28. The third-order valence-electron chi connectivity index (χ3n) is 4.88. The molecular formula is C18H27ClN6O2. The predicted octanol–water partition coefficient (Wildman–Crippen LogP) is 2.86. The minimum absolute atomic E-state index is 0.0463. The summed E-state index contributed by atoms with van der Waals surface area (Å²) in [4.78, 5) is 8.66. The van der Waals surface area contributed by atoms with Crippen molar-refractivity contribution in [3.8, 4) is 0 Å². The summed E-state index contributed by atoms with van der Waals surface area (Å²) in [5.74, 6) is 0.950. The number of aliphatic hydroxyl groups excluding tert-OH is 1. The SMILES string of the molecule is C/C(NC1CCC(O)CC1)=C1\Nc2ncc(Cl)c(n2)NC(C)CCOC1=N. The first-order valence-corrected chi connectivity index (χ1v) is 9.73. The zero-order chi connectivity index (χ0) is 19.4. The summed E-state index contributed by atoms with van der Waals surface area (Å²) in [5, 5.41) is 28.3. The Balaban J connectivity index is 1.84. The first-order valence-electron chi connectivity index (χ1n) is 9.35. The molecule has 1 fully saturated rings. The molecule has 9 heteroatoms. The zero-order valence-corrected chi connectivity index (χ0v) is 16.4. The number of hydrogen-bond donors (Lipinski definition) is 5. The number of nitrogens with one attached hydrogen (secondary N) is 4. The van der Waals surface area contributed by atoms with Crippen LogP contribution in [0.2, 0.25) is 5.02 Å². The highest BCUT2D eigenvalue weighted by Gasteiger charge is 2.22. The summed E-state index contributed by atoms with van der Waals surface area (Å²) in [6.07, 6.45) is 5.40. The standard InChI is InChI=1S/C18H27ClN6O2/c1-10-7-8-27-16(20)15(11(2)23-12-3-5-13(26)6-4-12)24-18-21-9-14(19)17(22-10)25-18/h9-10,12-13,20,23,26H,3-8H2,1-2H3,(H2,21,22,24,25)/b15-11+,20-16?. The molecule has 1 aromatic rings. The summed E-state index contributed by atoms with van der Waals surface area (Å²) in [7, 11) is 0. The number of fused-ring (bicyclic) bond motifs is 2. The molecule has 148 valence electrons. The van der Waals surface area contributed by atoms with Crippen LogP contribution >= 0.6 is 11.6 Å². The van der Waals surface area contributed by atoms with Crippen LogP contribution in [0.15, 0.2) is 17.6 Å². The van der Waals surface area contributed by atoms with Gasteiger partial charge in [0.05, 0.1) is 18.9 Å². The highest BCUT2D eigenvalue weighted by Crippen LogP contribution is 2.23. The van der Waals surface area contributed by atoms with Gasteiger partial charge in [-0.2, -0.15) is 4.98 Å². The van der Waals surface area contributed by atoms with Crippen molar-refractivity contribution in [1.29, 1.82) is 5.41 Å². The van der Waals surface area contributed by atoms with Crippen molar-refractivity contribution in [2.24, 2.45) is 0 Å². The number of hydrogen-bond acceptors (Lipinski definition) is 8. The van der Waals surface area contributed by atoms with Gasteiger partial charge in [-0.15, -0.1) is 0 Å². The van der Waals surface area contributed by atoms with Crippen LogP contribution in [-0.4, -0.2) is 45.8 Å². The van der Waals surface area contributed by atoms with Gasteiger partial charge >= 0.3 is 0 Å². The van der Waals surface area contributed by atoms with Gasteiger partial charge in [0.25, 0.3) is 0 Å². The molecule has 1 atom stereocenters. The summed E-state index contributed by atoms with van der Waals surface area (Å²) < 4.78 is 5.65. The normalized spacial score (nSPS) is 28.1. The van der Waals surface area contributed by atoms with Crippen molar-refractivity contribution in [2.45, 2.75) is 64.1 Å². The maximum atomic E-state index is 9.69. The molecular weight excluding hydrogens is 368 g/mol. The van der Waals surface area contributed by atoms with Gasteiger partial charge in [-0.1, -0.05) is 11.6 Å². The van der Waals surface area contributed by atoms with Gasteiger partial charge in [-0.3, -0.25) is 5.41 Å². The fraction of sp³-hybridized carbons (Fsp3) is 0.611. The van der Waals surface area contributed by atoms with E-state index in [1.54, 1.807) is 0 Å². The molecule has 2 aliphatic rings. The number of anilines is 2. The minimum Gasteiger partial charge on any atom is -0.476 e. The van der Waals surface area contributed by atoms with Gasteiger partial charge in [-0.25, -0.2) is 4.98 Å². The van der Waals surface area contributed by atoms with Gasteiger partial charge in [-0.05, 0) is 39.5 Å². The van der Waals surface area contributed by atoms with Gasteiger partial charge in [0.2, 0.25) is 11.8 Å². The number of ether oxygens (including phenoxy) is 1. The first kappa shape index (κ1) is 19.7. The average Bonchev–Trinajstić information content (AvgIpc) is 2.65. The number of halogens is 1. The summed E-state index contributed by atoms with van der Waals surface area (Å²) in [6, 6.07) is 0.355. The van der Waals surface area contributed by atoms with Gasteiger partial charge in [0.1, 0.15) is 10.7 Å². The Kier molecular flexibility index (Phi) is 6.38. The molecule has 0 aromatic carbocycles. The quantitative estimate of drug-likeness (QED) is 0.523. The zero-order valence-electron chi connectivity index (χ0n) is 15.7. The Bertz CT molecular complexity index is 718. The predicted molar refractivity (Wildman–Crippen MR) is 106 cm³/mol. The molecule has 0 spiro atoms. The molecule has 1 saturated carbocycles. The van der Waals surface area contributed by atoms with E-state index in [0.29, 0.717) is 35.5 Å². The molecule has 0 saturated heterocycles. The fourth-order valence-corrected chi connectivity index (χ4v) is 3.42. The second-order valence-corrected chi connectivity index (χ2v) is 7.58. The van der Waals surface area contributed by atoms with Gasteiger partial charge in [0.15, 0.2) is 5.82 Å². The van der Waals surface area contributed by atoms with Crippen LogP contribution < -0.4 is 16.0 Å². The van der Waals surface area contributed by atoms with Crippen LogP contribution in [0.25, 0.3) is 0 Å². The molecule has 0 radical (unpaired) electrons. The monoisotopic (exact) mass is 394 g/mol. The van der Waals surface area contributed by atoms with Crippen LogP contribution in [0.1, 0.15) is 46.0 Å².